The lowest BCUT2D eigenvalue weighted by Crippen LogP contribution is -2.37. The van der Waals surface area contributed by atoms with Gasteiger partial charge in [-0.2, -0.15) is 5.10 Å². The molecule has 1 fully saturated rings. The number of aliphatic imine (C=N–C) groups is 1. The summed E-state index contributed by atoms with van der Waals surface area (Å²) in [5, 5.41) is 10.8. The fourth-order valence-electron chi connectivity index (χ4n) is 2.08. The fourth-order valence-corrected chi connectivity index (χ4v) is 2.08. The van der Waals surface area contributed by atoms with Gasteiger partial charge in [-0.3, -0.25) is 4.99 Å². The molecule has 1 heterocycles. The SMILES string of the molecule is CN=C(NCc1ccc(-n2cncn2)cc1)NCC1CC1.I. The van der Waals surface area contributed by atoms with Crippen LogP contribution in [0.2, 0.25) is 0 Å². The quantitative estimate of drug-likeness (QED) is 0.448. The number of nitrogens with zero attached hydrogens (tertiary/aromatic N) is 4. The van der Waals surface area contributed by atoms with Crippen LogP contribution in [-0.2, 0) is 6.54 Å². The molecule has 2 N–H and O–H groups in total. The Kier molecular flexibility index (Phi) is 6.17. The van der Waals surface area contributed by atoms with Gasteiger partial charge in [-0.05, 0) is 36.5 Å². The van der Waals surface area contributed by atoms with E-state index in [1.807, 2.05) is 12.1 Å². The van der Waals surface area contributed by atoms with Gasteiger partial charge in [0.2, 0.25) is 0 Å². The molecular formula is C15H21IN6. The van der Waals surface area contributed by atoms with E-state index in [9.17, 15) is 0 Å². The van der Waals surface area contributed by atoms with E-state index in [-0.39, 0.29) is 24.0 Å². The van der Waals surface area contributed by atoms with Crippen LogP contribution in [0.5, 0.6) is 0 Å². The van der Waals surface area contributed by atoms with Crippen molar-refractivity contribution in [3.05, 3.63) is 42.5 Å². The van der Waals surface area contributed by atoms with Gasteiger partial charge in [0.25, 0.3) is 0 Å². The lowest BCUT2D eigenvalue weighted by atomic mass is 10.2. The first-order chi connectivity index (χ1) is 10.3. The normalized spacial score (nSPS) is 14.3. The first kappa shape index (κ1) is 16.7. The minimum absolute atomic E-state index is 0. The summed E-state index contributed by atoms with van der Waals surface area (Å²) >= 11 is 0. The number of halogens is 1. The number of hydrogen-bond donors (Lipinski definition) is 2. The van der Waals surface area contributed by atoms with Gasteiger partial charge in [-0.15, -0.1) is 24.0 Å². The molecule has 0 amide bonds. The van der Waals surface area contributed by atoms with Crippen LogP contribution < -0.4 is 10.6 Å². The lowest BCUT2D eigenvalue weighted by molar-refractivity contribution is 0.737. The first-order valence-corrected chi connectivity index (χ1v) is 7.23. The Morgan fingerprint density at radius 2 is 2.05 bits per heavy atom. The van der Waals surface area contributed by atoms with Crippen LogP contribution >= 0.6 is 24.0 Å². The number of guanidine groups is 1. The van der Waals surface area contributed by atoms with E-state index in [4.69, 9.17) is 0 Å². The molecule has 0 saturated heterocycles. The van der Waals surface area contributed by atoms with Crippen LogP contribution in [0.3, 0.4) is 0 Å². The summed E-state index contributed by atoms with van der Waals surface area (Å²) in [6, 6.07) is 8.23. The van der Waals surface area contributed by atoms with Crippen molar-refractivity contribution in [2.45, 2.75) is 19.4 Å². The van der Waals surface area contributed by atoms with Crippen molar-refractivity contribution in [1.29, 1.82) is 0 Å². The number of benzene rings is 1. The average molecular weight is 412 g/mol. The maximum Gasteiger partial charge on any atom is 0.191 e. The Hall–Kier alpha value is -1.64. The molecule has 0 unspecified atom stereocenters. The molecular weight excluding hydrogens is 391 g/mol. The van der Waals surface area contributed by atoms with E-state index in [0.29, 0.717) is 0 Å². The van der Waals surface area contributed by atoms with Gasteiger partial charge in [-0.1, -0.05) is 12.1 Å². The second-order valence-corrected chi connectivity index (χ2v) is 5.26. The highest BCUT2D eigenvalue weighted by Gasteiger charge is 2.20. The predicted octanol–water partition coefficient (Wildman–Crippen LogP) is 1.96. The van der Waals surface area contributed by atoms with Crippen LogP contribution in [0.1, 0.15) is 18.4 Å². The van der Waals surface area contributed by atoms with E-state index < -0.39 is 0 Å². The Balaban J connectivity index is 0.00000176. The number of aromatic nitrogens is 3. The molecule has 1 aliphatic carbocycles. The molecule has 22 heavy (non-hydrogen) atoms. The second kappa shape index (κ2) is 8.11. The Labute approximate surface area is 147 Å². The van der Waals surface area contributed by atoms with Gasteiger partial charge in [0.05, 0.1) is 5.69 Å². The largest absolute Gasteiger partial charge is 0.356 e. The summed E-state index contributed by atoms with van der Waals surface area (Å²) < 4.78 is 1.74. The van der Waals surface area contributed by atoms with Crippen LogP contribution in [0, 0.1) is 5.92 Å². The summed E-state index contributed by atoms with van der Waals surface area (Å²) in [7, 11) is 1.80. The van der Waals surface area contributed by atoms with E-state index >= 15 is 0 Å². The zero-order valence-electron chi connectivity index (χ0n) is 12.6. The highest BCUT2D eigenvalue weighted by atomic mass is 127. The smallest absolute Gasteiger partial charge is 0.191 e. The molecule has 3 rings (SSSR count). The summed E-state index contributed by atoms with van der Waals surface area (Å²) in [5.41, 5.74) is 2.21. The fraction of sp³-hybridized carbons (Fsp3) is 0.400. The molecule has 118 valence electrons. The van der Waals surface area contributed by atoms with Crippen molar-refractivity contribution in [2.24, 2.45) is 10.9 Å². The topological polar surface area (TPSA) is 67.1 Å². The van der Waals surface area contributed by atoms with E-state index in [1.54, 1.807) is 18.1 Å². The van der Waals surface area contributed by atoms with Gasteiger partial charge in [0.1, 0.15) is 12.7 Å². The van der Waals surface area contributed by atoms with Crippen LogP contribution in [-0.4, -0.2) is 34.3 Å². The number of hydrogen-bond acceptors (Lipinski definition) is 3. The van der Waals surface area contributed by atoms with Gasteiger partial charge in [0, 0.05) is 20.1 Å². The van der Waals surface area contributed by atoms with Crippen molar-refractivity contribution in [2.75, 3.05) is 13.6 Å². The maximum atomic E-state index is 4.23. The molecule has 0 spiro atoms. The van der Waals surface area contributed by atoms with Crippen molar-refractivity contribution in [3.63, 3.8) is 0 Å². The molecule has 0 atom stereocenters. The minimum Gasteiger partial charge on any atom is -0.356 e. The summed E-state index contributed by atoms with van der Waals surface area (Å²) in [6.45, 7) is 1.77. The molecule has 1 saturated carbocycles. The molecule has 0 bridgehead atoms. The summed E-state index contributed by atoms with van der Waals surface area (Å²) in [6.07, 6.45) is 5.91. The molecule has 2 aromatic rings. The summed E-state index contributed by atoms with van der Waals surface area (Å²) in [4.78, 5) is 8.18. The second-order valence-electron chi connectivity index (χ2n) is 5.26. The third-order valence-corrected chi connectivity index (χ3v) is 3.56. The van der Waals surface area contributed by atoms with Gasteiger partial charge < -0.3 is 10.6 Å². The van der Waals surface area contributed by atoms with E-state index in [1.165, 1.54) is 24.7 Å². The van der Waals surface area contributed by atoms with Gasteiger partial charge >= 0.3 is 0 Å². The highest BCUT2D eigenvalue weighted by Crippen LogP contribution is 2.27. The third-order valence-electron chi connectivity index (χ3n) is 3.56. The van der Waals surface area contributed by atoms with Gasteiger partial charge in [0.15, 0.2) is 5.96 Å². The average Bonchev–Trinajstić information content (AvgIpc) is 3.19. The standard InChI is InChI=1S/C15H20N6.HI/c1-16-15(18-8-12-2-3-12)19-9-13-4-6-14(7-5-13)21-11-17-10-20-21;/h4-7,10-12H,2-3,8-9H2,1H3,(H2,16,18,19);1H. The van der Waals surface area contributed by atoms with Crippen LogP contribution in [0.15, 0.2) is 41.9 Å². The first-order valence-electron chi connectivity index (χ1n) is 7.23. The Morgan fingerprint density at radius 3 is 2.64 bits per heavy atom. The van der Waals surface area contributed by atoms with E-state index in [2.05, 4.69) is 37.8 Å². The zero-order valence-corrected chi connectivity index (χ0v) is 14.9. The predicted molar refractivity (Wildman–Crippen MR) is 97.7 cm³/mol. The summed E-state index contributed by atoms with van der Waals surface area (Å²) in [5.74, 6) is 1.70. The highest BCUT2D eigenvalue weighted by molar-refractivity contribution is 14.0. The van der Waals surface area contributed by atoms with Crippen molar-refractivity contribution >= 4 is 29.9 Å². The van der Waals surface area contributed by atoms with Crippen molar-refractivity contribution in [1.82, 2.24) is 25.4 Å². The molecule has 0 radical (unpaired) electrons. The van der Waals surface area contributed by atoms with Crippen LogP contribution in [0.25, 0.3) is 5.69 Å². The molecule has 0 aliphatic heterocycles. The molecule has 1 aromatic carbocycles. The third kappa shape index (κ3) is 4.69. The molecule has 6 nitrogen and oxygen atoms in total. The van der Waals surface area contributed by atoms with Crippen LogP contribution in [0.4, 0.5) is 0 Å². The van der Waals surface area contributed by atoms with Gasteiger partial charge in [-0.25, -0.2) is 9.67 Å². The Morgan fingerprint density at radius 1 is 1.27 bits per heavy atom. The molecule has 1 aliphatic rings. The molecule has 7 heteroatoms. The number of nitrogens with one attached hydrogen (secondary N) is 2. The van der Waals surface area contributed by atoms with Crippen molar-refractivity contribution in [3.8, 4) is 5.69 Å². The lowest BCUT2D eigenvalue weighted by Gasteiger charge is -2.11. The number of rotatable bonds is 5. The zero-order chi connectivity index (χ0) is 14.5. The monoisotopic (exact) mass is 412 g/mol. The minimum atomic E-state index is 0. The van der Waals surface area contributed by atoms with E-state index in [0.717, 1.165) is 30.7 Å². The van der Waals surface area contributed by atoms with Crippen molar-refractivity contribution < 1.29 is 0 Å². The maximum absolute atomic E-state index is 4.23. The Bertz CT molecular complexity index is 589. The molecule has 1 aromatic heterocycles.